The molecule has 1 aliphatic carbocycles. The van der Waals surface area contributed by atoms with Gasteiger partial charge in [0.15, 0.2) is 0 Å². The van der Waals surface area contributed by atoms with Crippen molar-refractivity contribution in [3.8, 4) is 11.5 Å². The number of benzene rings is 2. The van der Waals surface area contributed by atoms with Crippen molar-refractivity contribution >= 4 is 17.4 Å². The molecule has 2 fully saturated rings. The zero-order chi connectivity index (χ0) is 22.7. The maximum Gasteiger partial charge on any atom is 0.295 e. The molecule has 0 bridgehead atoms. The Labute approximate surface area is 188 Å². The minimum absolute atomic E-state index is 0.0380. The van der Waals surface area contributed by atoms with Crippen LogP contribution >= 0.6 is 0 Å². The van der Waals surface area contributed by atoms with Gasteiger partial charge in [-0.05, 0) is 49.6 Å². The molecule has 168 valence electrons. The van der Waals surface area contributed by atoms with E-state index in [0.29, 0.717) is 23.7 Å². The molecule has 1 unspecified atom stereocenters. The van der Waals surface area contributed by atoms with E-state index in [9.17, 15) is 14.7 Å². The zero-order valence-corrected chi connectivity index (χ0v) is 18.5. The normalized spacial score (nSPS) is 21.1. The lowest BCUT2D eigenvalue weighted by Crippen LogP contribution is -2.40. The molecule has 2 aromatic rings. The molecule has 1 atom stereocenters. The average Bonchev–Trinajstić information content (AvgIpc) is 3.10. The number of para-hydroxylation sites is 1. The summed E-state index contributed by atoms with van der Waals surface area (Å²) in [7, 11) is 1.51. The number of likely N-dealkylation sites (tertiary alicyclic amines) is 1. The molecule has 1 saturated heterocycles. The van der Waals surface area contributed by atoms with Gasteiger partial charge in [-0.25, -0.2) is 0 Å². The average molecular weight is 436 g/mol. The highest BCUT2D eigenvalue weighted by Crippen LogP contribution is 2.44. The first kappa shape index (κ1) is 21.9. The number of aliphatic hydroxyl groups is 1. The molecule has 1 aliphatic heterocycles. The third-order valence-corrected chi connectivity index (χ3v) is 6.30. The standard InChI is InChI=1S/C26H29NO5/c1-3-32-19-13-9-10-17(16-19)23-22(24(28)20-14-7-8-15-21(20)31-2)25(29)26(30)27(23)18-11-5-4-6-12-18/h7-10,13-16,18,23,28H,3-6,11-12H2,1-2H3/b24-22-. The van der Waals surface area contributed by atoms with E-state index in [1.807, 2.05) is 31.2 Å². The van der Waals surface area contributed by atoms with Gasteiger partial charge in [-0.2, -0.15) is 0 Å². The van der Waals surface area contributed by atoms with Crippen molar-refractivity contribution in [3.63, 3.8) is 0 Å². The summed E-state index contributed by atoms with van der Waals surface area (Å²) in [6, 6.07) is 13.7. The predicted molar refractivity (Wildman–Crippen MR) is 122 cm³/mol. The van der Waals surface area contributed by atoms with Crippen molar-refractivity contribution in [2.75, 3.05) is 13.7 Å². The molecule has 6 heteroatoms. The lowest BCUT2D eigenvalue weighted by Gasteiger charge is -2.35. The molecule has 0 radical (unpaired) electrons. The first-order valence-corrected chi connectivity index (χ1v) is 11.2. The summed E-state index contributed by atoms with van der Waals surface area (Å²) in [5.74, 6) is -0.330. The summed E-state index contributed by atoms with van der Waals surface area (Å²) < 4.78 is 11.1. The molecule has 1 amide bonds. The molecule has 2 aliphatic rings. The summed E-state index contributed by atoms with van der Waals surface area (Å²) in [4.78, 5) is 28.2. The van der Waals surface area contributed by atoms with Crippen LogP contribution in [0.3, 0.4) is 0 Å². The summed E-state index contributed by atoms with van der Waals surface area (Å²) in [5, 5.41) is 11.3. The number of hydrogen-bond acceptors (Lipinski definition) is 5. The Morgan fingerprint density at radius 2 is 1.81 bits per heavy atom. The van der Waals surface area contributed by atoms with Crippen molar-refractivity contribution in [2.24, 2.45) is 0 Å². The Kier molecular flexibility index (Phi) is 6.49. The van der Waals surface area contributed by atoms with Crippen molar-refractivity contribution in [2.45, 2.75) is 51.1 Å². The van der Waals surface area contributed by atoms with Crippen LogP contribution in [0.1, 0.15) is 56.2 Å². The monoisotopic (exact) mass is 435 g/mol. The molecule has 2 aromatic carbocycles. The number of amides is 1. The van der Waals surface area contributed by atoms with Crippen LogP contribution in [0.5, 0.6) is 11.5 Å². The van der Waals surface area contributed by atoms with E-state index in [4.69, 9.17) is 9.47 Å². The van der Waals surface area contributed by atoms with E-state index in [2.05, 4.69) is 0 Å². The largest absolute Gasteiger partial charge is 0.507 e. The second kappa shape index (κ2) is 9.47. The van der Waals surface area contributed by atoms with Gasteiger partial charge in [-0.3, -0.25) is 9.59 Å². The van der Waals surface area contributed by atoms with Crippen molar-refractivity contribution in [3.05, 3.63) is 65.2 Å². The SMILES string of the molecule is CCOc1cccc(C2/C(=C(/O)c3ccccc3OC)C(=O)C(=O)N2C2CCCCC2)c1. The van der Waals surface area contributed by atoms with Gasteiger partial charge < -0.3 is 19.5 Å². The number of aliphatic hydroxyl groups excluding tert-OH is 1. The number of hydrogen-bond donors (Lipinski definition) is 1. The first-order valence-electron chi connectivity index (χ1n) is 11.2. The summed E-state index contributed by atoms with van der Waals surface area (Å²) in [6.07, 6.45) is 4.87. The van der Waals surface area contributed by atoms with Crippen molar-refractivity contribution < 1.29 is 24.2 Å². The van der Waals surface area contributed by atoms with Gasteiger partial charge in [-0.15, -0.1) is 0 Å². The van der Waals surface area contributed by atoms with Crippen LogP contribution in [-0.4, -0.2) is 41.5 Å². The fourth-order valence-corrected chi connectivity index (χ4v) is 4.84. The molecule has 1 heterocycles. The van der Waals surface area contributed by atoms with E-state index < -0.39 is 17.7 Å². The highest BCUT2D eigenvalue weighted by Gasteiger charge is 2.49. The number of methoxy groups -OCH3 is 1. The topological polar surface area (TPSA) is 76.1 Å². The number of rotatable bonds is 6. The van der Waals surface area contributed by atoms with Crippen molar-refractivity contribution in [1.82, 2.24) is 4.90 Å². The quantitative estimate of drug-likeness (QED) is 0.399. The van der Waals surface area contributed by atoms with Crippen LogP contribution in [0.25, 0.3) is 5.76 Å². The van der Waals surface area contributed by atoms with Crippen LogP contribution in [0.15, 0.2) is 54.1 Å². The van der Waals surface area contributed by atoms with Crippen LogP contribution in [-0.2, 0) is 9.59 Å². The Balaban J connectivity index is 1.89. The second-order valence-corrected chi connectivity index (χ2v) is 8.20. The number of nitrogens with zero attached hydrogens (tertiary/aromatic N) is 1. The smallest absolute Gasteiger partial charge is 0.295 e. The fraction of sp³-hybridized carbons (Fsp3) is 0.385. The Morgan fingerprint density at radius 3 is 2.53 bits per heavy atom. The van der Waals surface area contributed by atoms with Gasteiger partial charge in [0.2, 0.25) is 0 Å². The van der Waals surface area contributed by atoms with Gasteiger partial charge in [0.1, 0.15) is 17.3 Å². The van der Waals surface area contributed by atoms with E-state index >= 15 is 0 Å². The molecule has 0 aromatic heterocycles. The summed E-state index contributed by atoms with van der Waals surface area (Å²) >= 11 is 0. The number of carbonyl (C=O) groups excluding carboxylic acids is 2. The second-order valence-electron chi connectivity index (χ2n) is 8.20. The summed E-state index contributed by atoms with van der Waals surface area (Å²) in [5.41, 5.74) is 1.23. The lowest BCUT2D eigenvalue weighted by atomic mass is 9.91. The molecule has 1 saturated carbocycles. The first-order chi connectivity index (χ1) is 15.6. The molecule has 1 N–H and O–H groups in total. The third-order valence-electron chi connectivity index (χ3n) is 6.30. The highest BCUT2D eigenvalue weighted by atomic mass is 16.5. The van der Waals surface area contributed by atoms with E-state index in [1.165, 1.54) is 7.11 Å². The van der Waals surface area contributed by atoms with Gasteiger partial charge in [0.25, 0.3) is 11.7 Å². The van der Waals surface area contributed by atoms with Gasteiger partial charge >= 0.3 is 0 Å². The minimum Gasteiger partial charge on any atom is -0.507 e. The van der Waals surface area contributed by atoms with Crippen molar-refractivity contribution in [1.29, 1.82) is 0 Å². The number of ketones is 1. The molecular formula is C26H29NO5. The third kappa shape index (κ3) is 3.97. The molecule has 4 rings (SSSR count). The van der Waals surface area contributed by atoms with E-state index in [0.717, 1.165) is 37.7 Å². The number of carbonyl (C=O) groups is 2. The predicted octanol–water partition coefficient (Wildman–Crippen LogP) is 4.85. The minimum atomic E-state index is -0.677. The zero-order valence-electron chi connectivity index (χ0n) is 18.5. The molecule has 32 heavy (non-hydrogen) atoms. The molecule has 0 spiro atoms. The number of Topliss-reactive ketones (excluding diaryl/α,β-unsaturated/α-hetero) is 1. The van der Waals surface area contributed by atoms with E-state index in [1.54, 1.807) is 29.2 Å². The Morgan fingerprint density at radius 1 is 1.06 bits per heavy atom. The number of ether oxygens (including phenoxy) is 2. The Bertz CT molecular complexity index is 1040. The maximum absolute atomic E-state index is 13.3. The summed E-state index contributed by atoms with van der Waals surface area (Å²) in [6.45, 7) is 2.41. The van der Waals surface area contributed by atoms with Gasteiger partial charge in [-0.1, -0.05) is 43.5 Å². The fourth-order valence-electron chi connectivity index (χ4n) is 4.84. The van der Waals surface area contributed by atoms with Crippen LogP contribution < -0.4 is 9.47 Å². The molecule has 6 nitrogen and oxygen atoms in total. The highest BCUT2D eigenvalue weighted by molar-refractivity contribution is 6.46. The lowest BCUT2D eigenvalue weighted by molar-refractivity contribution is -0.141. The maximum atomic E-state index is 13.3. The van der Waals surface area contributed by atoms with Crippen LogP contribution in [0.2, 0.25) is 0 Å². The van der Waals surface area contributed by atoms with Crippen LogP contribution in [0, 0.1) is 0 Å². The molecular weight excluding hydrogens is 406 g/mol. The van der Waals surface area contributed by atoms with E-state index in [-0.39, 0.29) is 17.4 Å². The van der Waals surface area contributed by atoms with Gasteiger partial charge in [0, 0.05) is 6.04 Å². The Hall–Kier alpha value is -3.28. The van der Waals surface area contributed by atoms with Crippen LogP contribution in [0.4, 0.5) is 0 Å². The van der Waals surface area contributed by atoms with Gasteiger partial charge in [0.05, 0.1) is 30.9 Å².